The molecule has 0 aromatic rings. The summed E-state index contributed by atoms with van der Waals surface area (Å²) in [7, 11) is 0. The minimum absolute atomic E-state index is 0.0274. The van der Waals surface area contributed by atoms with Crippen molar-refractivity contribution in [2.45, 2.75) is 25.7 Å². The topological polar surface area (TPSA) is 72.9 Å². The fourth-order valence-corrected chi connectivity index (χ4v) is 5.52. The van der Waals surface area contributed by atoms with Crippen molar-refractivity contribution in [1.29, 1.82) is 0 Å². The van der Waals surface area contributed by atoms with E-state index in [-0.39, 0.29) is 24.1 Å². The molecule has 7 heteroatoms. The lowest BCUT2D eigenvalue weighted by molar-refractivity contribution is -0.126. The third-order valence-electron chi connectivity index (χ3n) is 6.13. The van der Waals surface area contributed by atoms with E-state index < -0.39 is 0 Å². The van der Waals surface area contributed by atoms with Crippen LogP contribution in [-0.2, 0) is 9.59 Å². The first-order chi connectivity index (χ1) is 13.2. The second-order valence-corrected chi connectivity index (χ2v) is 9.11. The van der Waals surface area contributed by atoms with E-state index in [2.05, 4.69) is 15.1 Å². The highest BCUT2D eigenvalue weighted by molar-refractivity contribution is 7.99. The maximum absolute atomic E-state index is 12.5. The van der Waals surface area contributed by atoms with Gasteiger partial charge >= 0.3 is 0 Å². The average Bonchev–Trinajstić information content (AvgIpc) is 2.69. The Labute approximate surface area is 166 Å². The number of nitrogens with one attached hydrogen (secondary N) is 1. The summed E-state index contributed by atoms with van der Waals surface area (Å²) in [5.74, 6) is 3.21. The number of hydrogen-bond acceptors (Lipinski definition) is 7. The number of rotatable bonds is 7. The van der Waals surface area contributed by atoms with Crippen molar-refractivity contribution in [2.24, 2.45) is 11.8 Å². The molecule has 2 aliphatic heterocycles. The Bertz CT molecular complexity index is 521. The zero-order valence-electron chi connectivity index (χ0n) is 16.2. The quantitative estimate of drug-likeness (QED) is 0.375. The number of β-amino-alcohol motifs (C(OH)–C–C–N with tert-alkyl or cyclic N) is 1. The van der Waals surface area contributed by atoms with Gasteiger partial charge in [0.1, 0.15) is 0 Å². The van der Waals surface area contributed by atoms with Crippen LogP contribution >= 0.6 is 11.8 Å². The molecule has 0 atom stereocenters. The third-order valence-corrected chi connectivity index (χ3v) is 7.18. The summed E-state index contributed by atoms with van der Waals surface area (Å²) in [5, 5.41) is 12.2. The lowest BCUT2D eigenvalue weighted by Crippen LogP contribution is -2.48. The molecular weight excluding hydrogens is 362 g/mol. The van der Waals surface area contributed by atoms with Crippen LogP contribution in [0.1, 0.15) is 25.7 Å². The monoisotopic (exact) mass is 395 g/mol. The summed E-state index contributed by atoms with van der Waals surface area (Å²) in [6.07, 6.45) is 5.06. The number of thioether (sulfide) groups is 1. The van der Waals surface area contributed by atoms with Crippen molar-refractivity contribution in [3.8, 4) is 0 Å². The van der Waals surface area contributed by atoms with Crippen LogP contribution in [0.15, 0.2) is 11.8 Å². The molecule has 6 nitrogen and oxygen atoms in total. The van der Waals surface area contributed by atoms with Crippen LogP contribution < -0.4 is 5.32 Å². The molecule has 2 heterocycles. The van der Waals surface area contributed by atoms with E-state index in [1.807, 2.05) is 11.8 Å². The van der Waals surface area contributed by atoms with Crippen LogP contribution in [0.5, 0.6) is 0 Å². The maximum atomic E-state index is 12.5. The first kappa shape index (κ1) is 20.8. The molecule has 3 aliphatic rings. The van der Waals surface area contributed by atoms with Gasteiger partial charge in [-0.2, -0.15) is 11.8 Å². The largest absolute Gasteiger partial charge is 0.395 e. The zero-order chi connectivity index (χ0) is 19.1. The number of Topliss-reactive ketones (excluding diaryl/α,β-unsaturated/α-hetero) is 2. The van der Waals surface area contributed by atoms with Crippen LogP contribution in [0.4, 0.5) is 0 Å². The summed E-state index contributed by atoms with van der Waals surface area (Å²) < 4.78 is 0. The molecule has 2 N–H and O–H groups in total. The van der Waals surface area contributed by atoms with Crippen molar-refractivity contribution in [2.75, 3.05) is 63.9 Å². The lowest BCUT2D eigenvalue weighted by Gasteiger charge is -2.34. The van der Waals surface area contributed by atoms with Gasteiger partial charge in [-0.15, -0.1) is 0 Å². The molecule has 0 aromatic heterocycles. The molecule has 27 heavy (non-hydrogen) atoms. The van der Waals surface area contributed by atoms with Crippen molar-refractivity contribution in [3.63, 3.8) is 0 Å². The summed E-state index contributed by atoms with van der Waals surface area (Å²) in [6, 6.07) is 0. The number of nitrogens with zero attached hydrogens (tertiary/aromatic N) is 2. The standard InChI is InChI=1S/C20H33N3O3S/c24-10-9-23-7-5-22(6-8-23)4-3-21-15-18-19(25)13-17(14-20(18)26)16-1-11-27-12-2-16/h15-17,21,24H,1-14H2. The highest BCUT2D eigenvalue weighted by atomic mass is 32.2. The molecule has 1 aliphatic carbocycles. The molecule has 3 fully saturated rings. The lowest BCUT2D eigenvalue weighted by atomic mass is 9.75. The molecule has 0 aromatic carbocycles. The van der Waals surface area contributed by atoms with Gasteiger partial charge in [-0.25, -0.2) is 0 Å². The number of allylic oxidation sites excluding steroid dienone is 1. The Morgan fingerprint density at radius 3 is 2.15 bits per heavy atom. The number of hydrogen-bond donors (Lipinski definition) is 2. The van der Waals surface area contributed by atoms with Crippen LogP contribution in [0.3, 0.4) is 0 Å². The predicted octanol–water partition coefficient (Wildman–Crippen LogP) is 0.761. The van der Waals surface area contributed by atoms with Gasteiger partial charge in [0.25, 0.3) is 0 Å². The van der Waals surface area contributed by atoms with E-state index >= 15 is 0 Å². The number of carbonyl (C=O) groups excluding carboxylic acids is 2. The van der Waals surface area contributed by atoms with E-state index in [4.69, 9.17) is 5.11 Å². The third kappa shape index (κ3) is 6.04. The molecule has 0 bridgehead atoms. The SMILES string of the molecule is O=C1CC(C2CCSCC2)CC(=O)C1=CNCCN1CCN(CCO)CC1. The van der Waals surface area contributed by atoms with Gasteiger partial charge in [0, 0.05) is 64.9 Å². The Balaban J connectivity index is 1.39. The van der Waals surface area contributed by atoms with Crippen molar-refractivity contribution in [1.82, 2.24) is 15.1 Å². The van der Waals surface area contributed by atoms with Crippen LogP contribution in [-0.4, -0.2) is 90.4 Å². The maximum Gasteiger partial charge on any atom is 0.168 e. The molecule has 0 radical (unpaired) electrons. The van der Waals surface area contributed by atoms with E-state index in [9.17, 15) is 9.59 Å². The second-order valence-electron chi connectivity index (χ2n) is 7.88. The first-order valence-electron chi connectivity index (χ1n) is 10.3. The summed E-state index contributed by atoms with van der Waals surface area (Å²) in [5.41, 5.74) is 0.379. The van der Waals surface area contributed by atoms with E-state index in [0.29, 0.717) is 24.3 Å². The number of piperazine rings is 1. The van der Waals surface area contributed by atoms with Gasteiger partial charge < -0.3 is 10.4 Å². The Kier molecular flexibility index (Phi) is 8.18. The highest BCUT2D eigenvalue weighted by Gasteiger charge is 2.35. The smallest absolute Gasteiger partial charge is 0.168 e. The normalized spacial score (nSPS) is 26.4. The van der Waals surface area contributed by atoms with E-state index in [1.165, 1.54) is 11.5 Å². The van der Waals surface area contributed by atoms with Gasteiger partial charge in [-0.05, 0) is 36.2 Å². The van der Waals surface area contributed by atoms with Crippen LogP contribution in [0.2, 0.25) is 0 Å². The zero-order valence-corrected chi connectivity index (χ0v) is 17.0. The minimum Gasteiger partial charge on any atom is -0.395 e. The summed E-state index contributed by atoms with van der Waals surface area (Å²) in [6.45, 7) is 6.59. The Morgan fingerprint density at radius 2 is 1.56 bits per heavy atom. The minimum atomic E-state index is 0.0274. The number of aliphatic hydroxyl groups excluding tert-OH is 1. The van der Waals surface area contributed by atoms with Gasteiger partial charge in [0.15, 0.2) is 11.6 Å². The molecular formula is C20H33N3O3S. The number of carbonyl (C=O) groups is 2. The fourth-order valence-electron chi connectivity index (χ4n) is 4.38. The number of aliphatic hydroxyl groups is 1. The molecule has 1 saturated carbocycles. The first-order valence-corrected chi connectivity index (χ1v) is 11.5. The second kappa shape index (κ2) is 10.6. The Morgan fingerprint density at radius 1 is 0.963 bits per heavy atom. The fraction of sp³-hybridized carbons (Fsp3) is 0.800. The van der Waals surface area contributed by atoms with Crippen molar-refractivity contribution >= 4 is 23.3 Å². The van der Waals surface area contributed by atoms with Gasteiger partial charge in [0.05, 0.1) is 12.2 Å². The summed E-state index contributed by atoms with van der Waals surface area (Å²) >= 11 is 1.98. The van der Waals surface area contributed by atoms with Gasteiger partial charge in [-0.1, -0.05) is 0 Å². The number of ketones is 2. The molecule has 0 spiro atoms. The molecule has 3 rings (SSSR count). The van der Waals surface area contributed by atoms with E-state index in [0.717, 1.165) is 58.7 Å². The van der Waals surface area contributed by atoms with Crippen LogP contribution in [0, 0.1) is 11.8 Å². The highest BCUT2D eigenvalue weighted by Crippen LogP contribution is 2.36. The molecule has 0 amide bonds. The molecule has 2 saturated heterocycles. The summed E-state index contributed by atoms with van der Waals surface area (Å²) in [4.78, 5) is 29.6. The average molecular weight is 396 g/mol. The molecule has 152 valence electrons. The van der Waals surface area contributed by atoms with Crippen LogP contribution in [0.25, 0.3) is 0 Å². The Hall–Kier alpha value is -0.890. The van der Waals surface area contributed by atoms with Crippen molar-refractivity contribution < 1.29 is 14.7 Å². The van der Waals surface area contributed by atoms with Crippen molar-refractivity contribution in [3.05, 3.63) is 11.8 Å². The predicted molar refractivity (Wildman–Crippen MR) is 109 cm³/mol. The van der Waals surface area contributed by atoms with Gasteiger partial charge in [0.2, 0.25) is 0 Å². The van der Waals surface area contributed by atoms with Gasteiger partial charge in [-0.3, -0.25) is 19.4 Å². The molecule has 0 unspecified atom stereocenters. The van der Waals surface area contributed by atoms with E-state index in [1.54, 1.807) is 6.20 Å².